The smallest absolute Gasteiger partial charge is 0.223 e. The van der Waals surface area contributed by atoms with E-state index < -0.39 is 0 Å². The van der Waals surface area contributed by atoms with E-state index in [1.807, 2.05) is 33.9 Å². The molecule has 0 aromatic rings. The van der Waals surface area contributed by atoms with Crippen LogP contribution in [0.1, 0.15) is 99.8 Å². The summed E-state index contributed by atoms with van der Waals surface area (Å²) in [7, 11) is 1.75. The summed E-state index contributed by atoms with van der Waals surface area (Å²) in [5.74, 6) is 0.0659. The second-order valence-electron chi connectivity index (χ2n) is 5.46. The highest BCUT2D eigenvalue weighted by atomic mass is 16.2. The molecule has 0 atom stereocenters. The van der Waals surface area contributed by atoms with Gasteiger partial charge in [0.15, 0.2) is 0 Å². The molecule has 2 heteroatoms. The molecule has 0 saturated heterocycles. The van der Waals surface area contributed by atoms with E-state index in [1.165, 1.54) is 51.4 Å². The van der Waals surface area contributed by atoms with Gasteiger partial charge in [0.2, 0.25) is 5.91 Å². The quantitative estimate of drug-likeness (QED) is 0.465. The van der Waals surface area contributed by atoms with Gasteiger partial charge in [-0.15, -0.1) is 0 Å². The number of carbonyl (C=O) groups is 1. The van der Waals surface area contributed by atoms with Gasteiger partial charge in [0.1, 0.15) is 0 Å². The molecular formula is C19H41NO. The van der Waals surface area contributed by atoms with Crippen LogP contribution in [0.15, 0.2) is 11.8 Å². The first-order chi connectivity index (χ1) is 9.95. The second kappa shape index (κ2) is 21.5. The van der Waals surface area contributed by atoms with Crippen molar-refractivity contribution < 1.29 is 4.79 Å². The monoisotopic (exact) mass is 299 g/mol. The molecule has 0 N–H and O–H groups in total. The van der Waals surface area contributed by atoms with Crippen molar-refractivity contribution in [2.24, 2.45) is 0 Å². The minimum atomic E-state index is 0.0659. The lowest BCUT2D eigenvalue weighted by molar-refractivity contribution is -0.125. The molecule has 0 fully saturated rings. The van der Waals surface area contributed by atoms with Crippen molar-refractivity contribution in [3.8, 4) is 0 Å². The van der Waals surface area contributed by atoms with Gasteiger partial charge in [-0.05, 0) is 13.8 Å². The van der Waals surface area contributed by atoms with Crippen molar-refractivity contribution in [2.45, 2.75) is 99.8 Å². The van der Waals surface area contributed by atoms with Crippen LogP contribution in [0.5, 0.6) is 0 Å². The molecular weight excluding hydrogens is 258 g/mol. The maximum atomic E-state index is 10.6. The summed E-state index contributed by atoms with van der Waals surface area (Å²) in [5.41, 5.74) is 1.13. The largest absolute Gasteiger partial charge is 0.322 e. The van der Waals surface area contributed by atoms with E-state index in [0.717, 1.165) is 5.57 Å². The van der Waals surface area contributed by atoms with E-state index in [0.29, 0.717) is 0 Å². The van der Waals surface area contributed by atoms with Crippen molar-refractivity contribution in [3.05, 3.63) is 11.8 Å². The topological polar surface area (TPSA) is 20.3 Å². The van der Waals surface area contributed by atoms with Crippen molar-refractivity contribution >= 4 is 5.91 Å². The molecule has 0 aliphatic rings. The Morgan fingerprint density at radius 3 is 1.33 bits per heavy atom. The van der Waals surface area contributed by atoms with Crippen LogP contribution in [-0.2, 0) is 4.79 Å². The van der Waals surface area contributed by atoms with E-state index in [2.05, 4.69) is 13.8 Å². The molecule has 0 unspecified atom stereocenters. The first kappa shape index (κ1) is 25.2. The third-order valence-electron chi connectivity index (χ3n) is 2.91. The minimum absolute atomic E-state index is 0.0659. The number of hydrogen-bond acceptors (Lipinski definition) is 1. The van der Waals surface area contributed by atoms with E-state index in [1.54, 1.807) is 18.9 Å². The molecule has 0 saturated carbocycles. The van der Waals surface area contributed by atoms with Gasteiger partial charge < -0.3 is 4.90 Å². The maximum Gasteiger partial charge on any atom is 0.223 e. The Balaban J connectivity index is -0.000000277. The molecule has 0 rings (SSSR count). The van der Waals surface area contributed by atoms with Gasteiger partial charge in [0.05, 0.1) is 0 Å². The summed E-state index contributed by atoms with van der Waals surface area (Å²) >= 11 is 0. The second-order valence-corrected chi connectivity index (χ2v) is 5.46. The Labute approximate surface area is 135 Å². The normalized spacial score (nSPS) is 8.76. The minimum Gasteiger partial charge on any atom is -0.322 e. The van der Waals surface area contributed by atoms with Crippen LogP contribution in [0, 0.1) is 0 Å². The third-order valence-corrected chi connectivity index (χ3v) is 2.91. The summed E-state index contributed by atoms with van der Waals surface area (Å²) in [4.78, 5) is 12.1. The van der Waals surface area contributed by atoms with Crippen molar-refractivity contribution in [1.82, 2.24) is 4.90 Å². The van der Waals surface area contributed by atoms with Crippen molar-refractivity contribution in [1.29, 1.82) is 0 Å². The Morgan fingerprint density at radius 2 is 1.14 bits per heavy atom. The third kappa shape index (κ3) is 28.2. The van der Waals surface area contributed by atoms with Gasteiger partial charge in [0.25, 0.3) is 0 Å². The average Bonchev–Trinajstić information content (AvgIpc) is 2.45. The fourth-order valence-electron chi connectivity index (χ4n) is 1.69. The summed E-state index contributed by atoms with van der Waals surface area (Å²) in [6, 6.07) is 0. The Morgan fingerprint density at radius 1 is 0.810 bits per heavy atom. The molecule has 0 aliphatic carbocycles. The first-order valence-electron chi connectivity index (χ1n) is 8.84. The van der Waals surface area contributed by atoms with Crippen LogP contribution in [0.25, 0.3) is 0 Å². The van der Waals surface area contributed by atoms with E-state index in [-0.39, 0.29) is 5.91 Å². The average molecular weight is 300 g/mol. The number of carbonyl (C=O) groups excluding carboxylic acids is 1. The van der Waals surface area contributed by atoms with Crippen LogP contribution in [0.3, 0.4) is 0 Å². The number of allylic oxidation sites excluding steroid dienone is 1. The summed E-state index contributed by atoms with van der Waals surface area (Å²) in [6.07, 6.45) is 13.3. The van der Waals surface area contributed by atoms with Crippen LogP contribution in [-0.4, -0.2) is 17.9 Å². The van der Waals surface area contributed by atoms with Crippen molar-refractivity contribution in [2.75, 3.05) is 7.05 Å². The first-order valence-corrected chi connectivity index (χ1v) is 8.84. The SMILES string of the molecule is CC.CC(=O)N(C)C=C(C)C.CCCCCCCCCC. The molecule has 21 heavy (non-hydrogen) atoms. The fraction of sp³-hybridized carbons (Fsp3) is 0.842. The van der Waals surface area contributed by atoms with Gasteiger partial charge in [0, 0.05) is 20.2 Å². The van der Waals surface area contributed by atoms with E-state index in [9.17, 15) is 4.79 Å². The highest BCUT2D eigenvalue weighted by molar-refractivity contribution is 5.73. The molecule has 0 aromatic carbocycles. The number of nitrogens with zero attached hydrogens (tertiary/aromatic N) is 1. The molecule has 2 nitrogen and oxygen atoms in total. The Kier molecular flexibility index (Phi) is 25.8. The summed E-state index contributed by atoms with van der Waals surface area (Å²) in [5, 5.41) is 0. The highest BCUT2D eigenvalue weighted by Gasteiger charge is 1.94. The van der Waals surface area contributed by atoms with Crippen LogP contribution in [0.4, 0.5) is 0 Å². The zero-order valence-corrected chi connectivity index (χ0v) is 16.1. The zero-order chi connectivity index (χ0) is 17.1. The van der Waals surface area contributed by atoms with Crippen LogP contribution >= 0.6 is 0 Å². The maximum absolute atomic E-state index is 10.6. The molecule has 0 spiro atoms. The summed E-state index contributed by atoms with van der Waals surface area (Å²) < 4.78 is 0. The lowest BCUT2D eigenvalue weighted by Crippen LogP contribution is -2.16. The standard InChI is InChI=1S/C10H22.C7H13NO.C2H6/c1-3-5-7-9-10-8-6-4-2;1-6(2)5-8(4)7(3)9;1-2/h3-10H2,1-2H3;5H,1-4H3;1-2H3. The number of amides is 1. The van der Waals surface area contributed by atoms with Gasteiger partial charge in [-0.1, -0.05) is 84.6 Å². The van der Waals surface area contributed by atoms with Gasteiger partial charge in [-0.2, -0.15) is 0 Å². The lowest BCUT2D eigenvalue weighted by atomic mass is 10.1. The molecule has 128 valence electrons. The zero-order valence-electron chi connectivity index (χ0n) is 16.1. The fourth-order valence-corrected chi connectivity index (χ4v) is 1.69. The van der Waals surface area contributed by atoms with E-state index in [4.69, 9.17) is 0 Å². The van der Waals surface area contributed by atoms with Crippen LogP contribution in [0.2, 0.25) is 0 Å². The molecule has 0 radical (unpaired) electrons. The number of hydrogen-bond donors (Lipinski definition) is 0. The Bertz CT molecular complexity index is 222. The molecule has 1 amide bonds. The molecule has 0 bridgehead atoms. The molecule has 0 aromatic heterocycles. The summed E-state index contributed by atoms with van der Waals surface area (Å²) in [6.45, 7) is 14.0. The number of unbranched alkanes of at least 4 members (excludes halogenated alkanes) is 7. The van der Waals surface area contributed by atoms with Gasteiger partial charge in [-0.3, -0.25) is 4.79 Å². The van der Waals surface area contributed by atoms with Crippen LogP contribution < -0.4 is 0 Å². The molecule has 0 heterocycles. The number of rotatable bonds is 8. The molecule has 0 aliphatic heterocycles. The predicted octanol–water partition coefficient (Wildman–Crippen LogP) is 6.56. The van der Waals surface area contributed by atoms with Gasteiger partial charge in [-0.25, -0.2) is 0 Å². The lowest BCUT2D eigenvalue weighted by Gasteiger charge is -2.07. The Hall–Kier alpha value is -0.790. The van der Waals surface area contributed by atoms with Gasteiger partial charge >= 0.3 is 0 Å². The highest BCUT2D eigenvalue weighted by Crippen LogP contribution is 2.07. The van der Waals surface area contributed by atoms with E-state index >= 15 is 0 Å². The predicted molar refractivity (Wildman–Crippen MR) is 97.5 cm³/mol. The van der Waals surface area contributed by atoms with Crippen molar-refractivity contribution in [3.63, 3.8) is 0 Å².